The predicted octanol–water partition coefficient (Wildman–Crippen LogP) is 7.05. The van der Waals surface area contributed by atoms with Crippen LogP contribution in [-0.2, 0) is 0 Å². The minimum Gasteiger partial charge on any atom is -0.492 e. The molecule has 1 aromatic heterocycles. The van der Waals surface area contributed by atoms with Crippen molar-refractivity contribution in [2.75, 3.05) is 25.0 Å². The lowest BCUT2D eigenvalue weighted by molar-refractivity contribution is 0.112. The van der Waals surface area contributed by atoms with Crippen LogP contribution in [0.5, 0.6) is 5.75 Å². The third-order valence-corrected chi connectivity index (χ3v) is 8.35. The topological polar surface area (TPSA) is 74.7 Å². The Morgan fingerprint density at radius 1 is 1.19 bits per heavy atom. The number of nitrogens with zero attached hydrogens (tertiary/aromatic N) is 2. The van der Waals surface area contributed by atoms with E-state index in [1.54, 1.807) is 6.07 Å². The van der Waals surface area contributed by atoms with E-state index in [1.807, 2.05) is 48.5 Å². The number of rotatable bonds is 9. The second-order valence-electron chi connectivity index (χ2n) is 9.24. The molecule has 1 aliphatic heterocycles. The van der Waals surface area contributed by atoms with Crippen molar-refractivity contribution in [3.63, 3.8) is 0 Å². The second kappa shape index (κ2) is 11.4. The van der Waals surface area contributed by atoms with E-state index in [-0.39, 0.29) is 6.10 Å². The minimum atomic E-state index is -0.228. The van der Waals surface area contributed by atoms with Crippen LogP contribution >= 0.6 is 34.7 Å². The highest BCUT2D eigenvalue weighted by Gasteiger charge is 2.24. The molecule has 2 heterocycles. The van der Waals surface area contributed by atoms with Crippen LogP contribution in [0.15, 0.2) is 54.6 Å². The van der Waals surface area contributed by atoms with Gasteiger partial charge in [0.05, 0.1) is 33.1 Å². The first-order valence-corrected chi connectivity index (χ1v) is 13.7. The summed E-state index contributed by atoms with van der Waals surface area (Å²) >= 11 is 15.0. The number of hydrogen-bond acceptors (Lipinski definition) is 7. The monoisotopic (exact) mass is 555 g/mol. The number of fused-ring (bicyclic) bond motifs is 1. The lowest BCUT2D eigenvalue weighted by atomic mass is 10.0. The molecule has 0 saturated carbocycles. The van der Waals surface area contributed by atoms with Crippen molar-refractivity contribution in [1.29, 1.82) is 0 Å². The van der Waals surface area contributed by atoms with E-state index in [0.29, 0.717) is 45.5 Å². The van der Waals surface area contributed by atoms with Crippen LogP contribution in [0.2, 0.25) is 10.0 Å². The summed E-state index contributed by atoms with van der Waals surface area (Å²) in [6.45, 7) is 4.31. The van der Waals surface area contributed by atoms with Crippen LogP contribution in [0.4, 0.5) is 11.5 Å². The lowest BCUT2D eigenvalue weighted by Gasteiger charge is -2.24. The van der Waals surface area contributed by atoms with Crippen molar-refractivity contribution in [2.24, 2.45) is 0 Å². The van der Waals surface area contributed by atoms with E-state index in [0.717, 1.165) is 53.4 Å². The number of anilines is 2. The number of nitrogens with one attached hydrogen (secondary N) is 1. The Balaban J connectivity index is 1.33. The Bertz CT molecular complexity index is 1430. The first-order valence-electron chi connectivity index (χ1n) is 12.2. The zero-order chi connectivity index (χ0) is 25.9. The van der Waals surface area contributed by atoms with Gasteiger partial charge in [-0.2, -0.15) is 4.37 Å². The lowest BCUT2D eigenvalue weighted by Crippen LogP contribution is -2.32. The van der Waals surface area contributed by atoms with Gasteiger partial charge in [-0.25, -0.2) is 0 Å². The second-order valence-corrected chi connectivity index (χ2v) is 10.8. The van der Waals surface area contributed by atoms with Crippen LogP contribution in [-0.4, -0.2) is 52.5 Å². The van der Waals surface area contributed by atoms with Gasteiger partial charge in [0.15, 0.2) is 5.82 Å². The molecular weight excluding hydrogens is 529 g/mol. The number of aldehydes is 1. The number of likely N-dealkylation sites (tertiary alicyclic amines) is 1. The number of hydrogen-bond donors (Lipinski definition) is 2. The van der Waals surface area contributed by atoms with E-state index in [2.05, 4.69) is 21.5 Å². The number of β-amino-alcohol motifs (C(OH)–C–C–N with tert-alkyl or cyclic N) is 1. The molecule has 4 aromatic rings. The fourth-order valence-corrected chi connectivity index (χ4v) is 5.95. The number of ether oxygens (including phenoxy) is 1. The Morgan fingerprint density at radius 2 is 1.97 bits per heavy atom. The molecule has 6 nitrogen and oxygen atoms in total. The number of benzene rings is 3. The molecule has 1 fully saturated rings. The molecule has 2 atom stereocenters. The summed E-state index contributed by atoms with van der Waals surface area (Å²) in [5.41, 5.74) is 2.88. The van der Waals surface area contributed by atoms with Gasteiger partial charge in [0, 0.05) is 41.2 Å². The number of halogens is 2. The van der Waals surface area contributed by atoms with Crippen LogP contribution in [0.1, 0.15) is 30.1 Å². The fraction of sp³-hybridized carbons (Fsp3) is 0.286. The van der Waals surface area contributed by atoms with Gasteiger partial charge < -0.3 is 15.2 Å². The smallest absolute Gasteiger partial charge is 0.152 e. The maximum Gasteiger partial charge on any atom is 0.152 e. The van der Waals surface area contributed by atoms with Gasteiger partial charge in [-0.3, -0.25) is 9.69 Å². The van der Waals surface area contributed by atoms with Crippen molar-refractivity contribution in [1.82, 2.24) is 9.27 Å². The third-order valence-electron chi connectivity index (χ3n) is 6.75. The van der Waals surface area contributed by atoms with Crippen LogP contribution < -0.4 is 10.1 Å². The molecule has 3 aromatic carbocycles. The molecule has 0 radical (unpaired) electrons. The molecular formula is C28H27Cl2N3O3S. The SMILES string of the molecule is CC(CCOc1cccc(-c2cccc(Nc3nsc4cc(C=O)ccc34)c2Cl)c1Cl)N1CCC(O)C1. The molecule has 5 rings (SSSR count). The van der Waals surface area contributed by atoms with Crippen LogP contribution in [0.3, 0.4) is 0 Å². The Morgan fingerprint density at radius 3 is 2.73 bits per heavy atom. The predicted molar refractivity (Wildman–Crippen MR) is 152 cm³/mol. The average Bonchev–Trinajstić information content (AvgIpc) is 3.52. The first-order chi connectivity index (χ1) is 17.9. The zero-order valence-corrected chi connectivity index (χ0v) is 22.6. The highest BCUT2D eigenvalue weighted by molar-refractivity contribution is 7.13. The number of carbonyl (C=O) groups is 1. The van der Waals surface area contributed by atoms with E-state index >= 15 is 0 Å². The molecule has 37 heavy (non-hydrogen) atoms. The normalized spacial score (nSPS) is 16.7. The molecule has 192 valence electrons. The van der Waals surface area contributed by atoms with Crippen molar-refractivity contribution >= 4 is 62.6 Å². The molecule has 1 saturated heterocycles. The summed E-state index contributed by atoms with van der Waals surface area (Å²) in [4.78, 5) is 13.4. The Hall–Kier alpha value is -2.68. The Kier molecular flexibility index (Phi) is 7.98. The van der Waals surface area contributed by atoms with Gasteiger partial charge in [0.2, 0.25) is 0 Å². The number of aromatic nitrogens is 1. The zero-order valence-electron chi connectivity index (χ0n) is 20.3. The molecule has 0 spiro atoms. The number of aliphatic hydroxyl groups excluding tert-OH is 1. The van der Waals surface area contributed by atoms with Gasteiger partial charge in [0.25, 0.3) is 0 Å². The number of carbonyl (C=O) groups excluding carboxylic acids is 1. The van der Waals surface area contributed by atoms with Crippen molar-refractivity contribution in [3.05, 3.63) is 70.2 Å². The van der Waals surface area contributed by atoms with Gasteiger partial charge in [-0.1, -0.05) is 53.5 Å². The Labute approximate surface area is 229 Å². The van der Waals surface area contributed by atoms with Crippen molar-refractivity contribution in [3.8, 4) is 16.9 Å². The summed E-state index contributed by atoms with van der Waals surface area (Å²) < 4.78 is 11.5. The first kappa shape index (κ1) is 25.9. The highest BCUT2D eigenvalue weighted by Crippen LogP contribution is 2.42. The molecule has 0 amide bonds. The van der Waals surface area contributed by atoms with E-state index in [4.69, 9.17) is 27.9 Å². The van der Waals surface area contributed by atoms with E-state index in [9.17, 15) is 9.90 Å². The summed E-state index contributed by atoms with van der Waals surface area (Å²) in [7, 11) is 0. The molecule has 2 N–H and O–H groups in total. The largest absolute Gasteiger partial charge is 0.492 e. The standard InChI is InChI=1S/C28H27Cl2N3O3S/c1-17(33-12-10-19(35)15-33)11-13-36-24-7-3-5-21(27(24)30)20-4-2-6-23(26(20)29)31-28-22-9-8-18(16-34)14-25(22)37-32-28/h2-9,14,16-17,19,35H,10-13,15H2,1H3,(H,31,32). The molecule has 9 heteroatoms. The summed E-state index contributed by atoms with van der Waals surface area (Å²) in [5, 5.41) is 15.1. The molecule has 0 bridgehead atoms. The van der Waals surface area contributed by atoms with Gasteiger partial charge >= 0.3 is 0 Å². The van der Waals surface area contributed by atoms with Crippen LogP contribution in [0, 0.1) is 0 Å². The van der Waals surface area contributed by atoms with Crippen molar-refractivity contribution < 1.29 is 14.6 Å². The average molecular weight is 557 g/mol. The van der Waals surface area contributed by atoms with E-state index < -0.39 is 0 Å². The minimum absolute atomic E-state index is 0.228. The van der Waals surface area contributed by atoms with Gasteiger partial charge in [-0.15, -0.1) is 0 Å². The fourth-order valence-electron chi connectivity index (χ4n) is 4.60. The summed E-state index contributed by atoms with van der Waals surface area (Å²) in [5.74, 6) is 1.29. The quantitative estimate of drug-likeness (QED) is 0.215. The van der Waals surface area contributed by atoms with Gasteiger partial charge in [-0.05, 0) is 55.6 Å². The third kappa shape index (κ3) is 5.61. The van der Waals surface area contributed by atoms with Crippen LogP contribution in [0.25, 0.3) is 21.2 Å². The summed E-state index contributed by atoms with van der Waals surface area (Å²) in [6, 6.07) is 17.2. The summed E-state index contributed by atoms with van der Waals surface area (Å²) in [6.07, 6.45) is 2.26. The van der Waals surface area contributed by atoms with Gasteiger partial charge in [0.1, 0.15) is 12.0 Å². The van der Waals surface area contributed by atoms with Crippen molar-refractivity contribution in [2.45, 2.75) is 31.9 Å². The van der Waals surface area contributed by atoms with E-state index in [1.165, 1.54) is 11.5 Å². The molecule has 2 unspecified atom stereocenters. The maximum atomic E-state index is 11.1. The number of aliphatic hydroxyl groups is 1. The molecule has 0 aliphatic carbocycles. The molecule has 1 aliphatic rings. The maximum absolute atomic E-state index is 11.1. The highest BCUT2D eigenvalue weighted by atomic mass is 35.5.